The van der Waals surface area contributed by atoms with Gasteiger partial charge in [0, 0.05) is 22.5 Å². The zero-order chi connectivity index (χ0) is 13.6. The van der Waals surface area contributed by atoms with Gasteiger partial charge in [0.1, 0.15) is 5.82 Å². The van der Waals surface area contributed by atoms with Crippen LogP contribution in [0.1, 0.15) is 31.7 Å². The third-order valence-corrected chi connectivity index (χ3v) is 4.44. The molecule has 0 saturated heterocycles. The molecule has 2 fully saturated rings. The molecule has 0 heterocycles. The Balaban J connectivity index is 1.80. The number of amides is 1. The van der Waals surface area contributed by atoms with E-state index in [4.69, 9.17) is 11.6 Å². The maximum Gasteiger partial charge on any atom is 0.226 e. The smallest absolute Gasteiger partial charge is 0.226 e. The van der Waals surface area contributed by atoms with Gasteiger partial charge in [-0.1, -0.05) is 24.6 Å². The molecular formula is C15H17ClFNO. The Morgan fingerprint density at radius 2 is 2.16 bits per heavy atom. The molecule has 2 atom stereocenters. The molecule has 3 rings (SSSR count). The molecule has 0 N–H and O–H groups in total. The summed E-state index contributed by atoms with van der Waals surface area (Å²) < 4.78 is 13.8. The lowest BCUT2D eigenvalue weighted by molar-refractivity contribution is -0.134. The zero-order valence-electron chi connectivity index (χ0n) is 10.9. The van der Waals surface area contributed by atoms with Gasteiger partial charge in [-0.25, -0.2) is 4.39 Å². The van der Waals surface area contributed by atoms with E-state index in [1.165, 1.54) is 6.07 Å². The highest BCUT2D eigenvalue weighted by Gasteiger charge is 2.45. The third kappa shape index (κ3) is 2.62. The van der Waals surface area contributed by atoms with E-state index in [1.54, 1.807) is 12.1 Å². The van der Waals surface area contributed by atoms with Gasteiger partial charge in [-0.05, 0) is 37.3 Å². The van der Waals surface area contributed by atoms with E-state index in [2.05, 4.69) is 6.92 Å². The predicted octanol–water partition coefficient (Wildman–Crippen LogP) is 3.63. The fraction of sp³-hybridized carbons (Fsp3) is 0.533. The Kier molecular flexibility index (Phi) is 3.25. The lowest BCUT2D eigenvalue weighted by Crippen LogP contribution is -2.34. The number of carbonyl (C=O) groups is 1. The summed E-state index contributed by atoms with van der Waals surface area (Å²) in [4.78, 5) is 14.2. The lowest BCUT2D eigenvalue weighted by Gasteiger charge is -2.23. The van der Waals surface area contributed by atoms with Crippen molar-refractivity contribution in [2.75, 3.05) is 0 Å². The second-order valence-corrected chi connectivity index (χ2v) is 6.12. The van der Waals surface area contributed by atoms with Gasteiger partial charge < -0.3 is 4.90 Å². The summed E-state index contributed by atoms with van der Waals surface area (Å²) >= 11 is 6.05. The Hall–Kier alpha value is -1.09. The van der Waals surface area contributed by atoms with E-state index in [9.17, 15) is 9.18 Å². The number of hydrogen-bond donors (Lipinski definition) is 0. The van der Waals surface area contributed by atoms with E-state index in [0.29, 0.717) is 23.0 Å². The van der Waals surface area contributed by atoms with E-state index in [1.807, 2.05) is 4.90 Å². The number of carbonyl (C=O) groups excluding carboxylic acids is 1. The SMILES string of the molecule is CC1CC1C(=O)N(Cc1c(F)cccc1Cl)C1CC1. The van der Waals surface area contributed by atoms with Crippen molar-refractivity contribution in [1.29, 1.82) is 0 Å². The van der Waals surface area contributed by atoms with Crippen molar-refractivity contribution in [3.05, 3.63) is 34.6 Å². The molecule has 0 radical (unpaired) electrons. The van der Waals surface area contributed by atoms with Crippen LogP contribution in [0.5, 0.6) is 0 Å². The van der Waals surface area contributed by atoms with Crippen molar-refractivity contribution in [2.45, 2.75) is 38.8 Å². The maximum absolute atomic E-state index is 13.8. The van der Waals surface area contributed by atoms with E-state index < -0.39 is 0 Å². The minimum Gasteiger partial charge on any atom is -0.335 e. The summed E-state index contributed by atoms with van der Waals surface area (Å²) in [5.74, 6) is 0.472. The third-order valence-electron chi connectivity index (χ3n) is 4.09. The molecular weight excluding hydrogens is 265 g/mol. The van der Waals surface area contributed by atoms with Gasteiger partial charge in [-0.3, -0.25) is 4.79 Å². The van der Waals surface area contributed by atoms with Crippen LogP contribution in [0, 0.1) is 17.7 Å². The van der Waals surface area contributed by atoms with Crippen LogP contribution in [0.4, 0.5) is 4.39 Å². The molecule has 1 aromatic carbocycles. The molecule has 2 saturated carbocycles. The van der Waals surface area contributed by atoms with Crippen molar-refractivity contribution in [3.8, 4) is 0 Å². The van der Waals surface area contributed by atoms with E-state index >= 15 is 0 Å². The number of halogens is 2. The first-order chi connectivity index (χ1) is 9.08. The minimum atomic E-state index is -0.324. The standard InChI is InChI=1S/C15H17ClFNO/c1-9-7-11(9)15(19)18(10-5-6-10)8-12-13(16)3-2-4-14(12)17/h2-4,9-11H,5-8H2,1H3. The molecule has 0 spiro atoms. The van der Waals surface area contributed by atoms with Gasteiger partial charge in [0.25, 0.3) is 0 Å². The van der Waals surface area contributed by atoms with E-state index in [-0.39, 0.29) is 23.7 Å². The summed E-state index contributed by atoms with van der Waals surface area (Å²) in [6, 6.07) is 4.95. The normalized spacial score (nSPS) is 25.2. The molecule has 2 unspecified atom stereocenters. The van der Waals surface area contributed by atoms with Crippen LogP contribution < -0.4 is 0 Å². The average Bonchev–Trinajstić information content (AvgIpc) is 3.24. The number of rotatable bonds is 4. The van der Waals surface area contributed by atoms with Crippen LogP contribution in [-0.2, 0) is 11.3 Å². The summed E-state index contributed by atoms with van der Waals surface area (Å²) in [7, 11) is 0. The Morgan fingerprint density at radius 1 is 1.47 bits per heavy atom. The Morgan fingerprint density at radius 3 is 2.68 bits per heavy atom. The quantitative estimate of drug-likeness (QED) is 0.825. The fourth-order valence-corrected chi connectivity index (χ4v) is 2.73. The van der Waals surface area contributed by atoms with Crippen molar-refractivity contribution >= 4 is 17.5 Å². The number of nitrogens with zero attached hydrogens (tertiary/aromatic N) is 1. The van der Waals surface area contributed by atoms with Gasteiger partial charge in [0.2, 0.25) is 5.91 Å². The lowest BCUT2D eigenvalue weighted by atomic mass is 10.1. The minimum absolute atomic E-state index is 0.145. The highest BCUT2D eigenvalue weighted by atomic mass is 35.5. The molecule has 0 aliphatic heterocycles. The first kappa shape index (κ1) is 12.9. The highest BCUT2D eigenvalue weighted by Crippen LogP contribution is 2.42. The van der Waals surface area contributed by atoms with Crippen LogP contribution in [0.25, 0.3) is 0 Å². The van der Waals surface area contributed by atoms with Crippen molar-refractivity contribution in [2.24, 2.45) is 11.8 Å². The largest absolute Gasteiger partial charge is 0.335 e. The molecule has 2 aliphatic carbocycles. The summed E-state index contributed by atoms with van der Waals surface area (Å²) in [5.41, 5.74) is 0.442. The second-order valence-electron chi connectivity index (χ2n) is 5.72. The molecule has 1 aromatic rings. The van der Waals surface area contributed by atoms with Gasteiger partial charge in [-0.2, -0.15) is 0 Å². The van der Waals surface area contributed by atoms with Crippen molar-refractivity contribution < 1.29 is 9.18 Å². The number of hydrogen-bond acceptors (Lipinski definition) is 1. The summed E-state index contributed by atoms with van der Waals surface area (Å²) in [5, 5.41) is 0.405. The molecule has 2 nitrogen and oxygen atoms in total. The molecule has 0 aromatic heterocycles. The topological polar surface area (TPSA) is 20.3 Å². The highest BCUT2D eigenvalue weighted by molar-refractivity contribution is 6.31. The molecule has 1 amide bonds. The second kappa shape index (κ2) is 4.78. The maximum atomic E-state index is 13.8. The van der Waals surface area contributed by atoms with Gasteiger partial charge >= 0.3 is 0 Å². The van der Waals surface area contributed by atoms with Crippen molar-refractivity contribution in [3.63, 3.8) is 0 Å². The molecule has 0 bridgehead atoms. The predicted molar refractivity (Wildman–Crippen MR) is 72.3 cm³/mol. The zero-order valence-corrected chi connectivity index (χ0v) is 11.7. The first-order valence-corrected chi connectivity index (χ1v) is 7.19. The van der Waals surface area contributed by atoms with Crippen LogP contribution in [0.15, 0.2) is 18.2 Å². The number of benzene rings is 1. The Labute approximate surface area is 117 Å². The Bertz CT molecular complexity index is 495. The summed E-state index contributed by atoms with van der Waals surface area (Å²) in [6.45, 7) is 2.39. The van der Waals surface area contributed by atoms with Crippen LogP contribution in [-0.4, -0.2) is 16.8 Å². The van der Waals surface area contributed by atoms with Crippen molar-refractivity contribution in [1.82, 2.24) is 4.90 Å². The average molecular weight is 282 g/mol. The molecule has 4 heteroatoms. The van der Waals surface area contributed by atoms with Gasteiger partial charge in [0.05, 0.1) is 6.54 Å². The van der Waals surface area contributed by atoms with Gasteiger partial charge in [0.15, 0.2) is 0 Å². The summed E-state index contributed by atoms with van der Waals surface area (Å²) in [6.07, 6.45) is 3.02. The molecule has 2 aliphatic rings. The molecule has 19 heavy (non-hydrogen) atoms. The van der Waals surface area contributed by atoms with Gasteiger partial charge in [-0.15, -0.1) is 0 Å². The van der Waals surface area contributed by atoms with Crippen LogP contribution >= 0.6 is 11.6 Å². The van der Waals surface area contributed by atoms with Crippen LogP contribution in [0.2, 0.25) is 5.02 Å². The monoisotopic (exact) mass is 281 g/mol. The van der Waals surface area contributed by atoms with E-state index in [0.717, 1.165) is 19.3 Å². The fourth-order valence-electron chi connectivity index (χ4n) is 2.51. The molecule has 102 valence electrons. The van der Waals surface area contributed by atoms with Crippen LogP contribution in [0.3, 0.4) is 0 Å². The first-order valence-electron chi connectivity index (χ1n) is 6.81.